The Hall–Kier alpha value is -1.88. The Morgan fingerprint density at radius 3 is 2.54 bits per heavy atom. The second-order valence-electron chi connectivity index (χ2n) is 9.57. The molecule has 28 heavy (non-hydrogen) atoms. The summed E-state index contributed by atoms with van der Waals surface area (Å²) in [5.41, 5.74) is 2.73. The number of carbonyl (C=O) groups excluding carboxylic acids is 2. The molecule has 5 heteroatoms. The van der Waals surface area contributed by atoms with Gasteiger partial charge in [0.2, 0.25) is 11.8 Å². The van der Waals surface area contributed by atoms with E-state index in [0.29, 0.717) is 18.2 Å². The molecule has 0 saturated carbocycles. The number of rotatable bonds is 3. The van der Waals surface area contributed by atoms with Gasteiger partial charge in [-0.05, 0) is 43.4 Å². The molecule has 5 nitrogen and oxygen atoms in total. The van der Waals surface area contributed by atoms with Crippen LogP contribution in [0.2, 0.25) is 0 Å². The molecule has 2 saturated heterocycles. The zero-order valence-electron chi connectivity index (χ0n) is 17.5. The fourth-order valence-electron chi connectivity index (χ4n) is 5.27. The molecule has 3 heterocycles. The van der Waals surface area contributed by atoms with Gasteiger partial charge in [0.15, 0.2) is 0 Å². The van der Waals surface area contributed by atoms with Crippen molar-refractivity contribution in [2.75, 3.05) is 33.2 Å². The number of hydrogen-bond donors (Lipinski definition) is 0. The first-order valence-corrected chi connectivity index (χ1v) is 10.7. The van der Waals surface area contributed by atoms with E-state index in [1.54, 1.807) is 0 Å². The molecule has 0 unspecified atom stereocenters. The molecule has 2 fully saturated rings. The van der Waals surface area contributed by atoms with Gasteiger partial charge < -0.3 is 9.80 Å². The first-order valence-electron chi connectivity index (χ1n) is 10.7. The summed E-state index contributed by atoms with van der Waals surface area (Å²) in [7, 11) is 2.06. The lowest BCUT2D eigenvalue weighted by Crippen LogP contribution is -2.53. The Kier molecular flexibility index (Phi) is 5.21. The topological polar surface area (TPSA) is 43.9 Å². The van der Waals surface area contributed by atoms with Gasteiger partial charge in [-0.15, -0.1) is 0 Å². The smallest absolute Gasteiger partial charge is 0.240 e. The number of fused-ring (bicyclic) bond motifs is 1. The van der Waals surface area contributed by atoms with Crippen LogP contribution in [0.4, 0.5) is 0 Å². The summed E-state index contributed by atoms with van der Waals surface area (Å²) in [5.74, 6) is 1.07. The quantitative estimate of drug-likeness (QED) is 0.806. The van der Waals surface area contributed by atoms with Gasteiger partial charge in [-0.2, -0.15) is 0 Å². The van der Waals surface area contributed by atoms with Crippen LogP contribution in [0.1, 0.15) is 44.2 Å². The molecule has 0 radical (unpaired) electrons. The van der Waals surface area contributed by atoms with Crippen LogP contribution >= 0.6 is 0 Å². The van der Waals surface area contributed by atoms with Crippen LogP contribution in [0, 0.1) is 11.3 Å². The van der Waals surface area contributed by atoms with E-state index in [4.69, 9.17) is 0 Å². The van der Waals surface area contributed by atoms with Gasteiger partial charge in [0.1, 0.15) is 0 Å². The highest BCUT2D eigenvalue weighted by Crippen LogP contribution is 2.41. The molecule has 0 aliphatic carbocycles. The summed E-state index contributed by atoms with van der Waals surface area (Å²) in [5, 5.41) is 0. The summed E-state index contributed by atoms with van der Waals surface area (Å²) in [6, 6.07) is 8.39. The van der Waals surface area contributed by atoms with Crippen LogP contribution in [0.3, 0.4) is 0 Å². The monoisotopic (exact) mass is 383 g/mol. The zero-order valence-corrected chi connectivity index (χ0v) is 17.5. The molecule has 1 atom stereocenters. The number of amides is 2. The van der Waals surface area contributed by atoms with E-state index in [1.807, 2.05) is 4.90 Å². The average Bonchev–Trinajstić information content (AvgIpc) is 2.95. The normalized spacial score (nSPS) is 24.9. The Labute approximate surface area is 168 Å². The van der Waals surface area contributed by atoms with Crippen molar-refractivity contribution in [1.29, 1.82) is 0 Å². The molecule has 3 aliphatic heterocycles. The maximum Gasteiger partial charge on any atom is 0.240 e. The third-order valence-corrected chi connectivity index (χ3v) is 6.90. The van der Waals surface area contributed by atoms with Crippen LogP contribution in [0.15, 0.2) is 24.3 Å². The first kappa shape index (κ1) is 19.4. The molecule has 2 amide bonds. The molecule has 1 aromatic carbocycles. The van der Waals surface area contributed by atoms with Gasteiger partial charge in [0, 0.05) is 44.6 Å². The number of likely N-dealkylation sites (N-methyl/N-ethyl adjacent to an activating group) is 1. The highest BCUT2D eigenvalue weighted by molar-refractivity contribution is 5.83. The van der Waals surface area contributed by atoms with E-state index >= 15 is 0 Å². The molecule has 1 spiro atoms. The predicted molar refractivity (Wildman–Crippen MR) is 110 cm³/mol. The highest BCUT2D eigenvalue weighted by atomic mass is 16.2. The second-order valence-corrected chi connectivity index (χ2v) is 9.57. The lowest BCUT2D eigenvalue weighted by atomic mass is 9.77. The van der Waals surface area contributed by atoms with E-state index in [2.05, 4.69) is 55.0 Å². The number of nitrogens with zero attached hydrogens (tertiary/aromatic N) is 3. The fraction of sp³-hybridized carbons (Fsp3) is 0.652. The van der Waals surface area contributed by atoms with Crippen LogP contribution in [0.25, 0.3) is 0 Å². The first-order chi connectivity index (χ1) is 13.4. The SMILES string of the molecule is CC(C)CN1CC2(CCN(C(=O)[C@H]3Cc4ccccc4CN3C)CC2)CC1=O. The number of carbonyl (C=O) groups is 2. The van der Waals surface area contributed by atoms with Gasteiger partial charge >= 0.3 is 0 Å². The van der Waals surface area contributed by atoms with Crippen molar-refractivity contribution >= 4 is 11.8 Å². The predicted octanol–water partition coefficient (Wildman–Crippen LogP) is 2.54. The van der Waals surface area contributed by atoms with Crippen molar-refractivity contribution in [2.45, 2.75) is 52.1 Å². The summed E-state index contributed by atoms with van der Waals surface area (Å²) >= 11 is 0. The maximum absolute atomic E-state index is 13.3. The van der Waals surface area contributed by atoms with E-state index in [1.165, 1.54) is 11.1 Å². The molecule has 0 N–H and O–H groups in total. The van der Waals surface area contributed by atoms with Crippen LogP contribution in [0.5, 0.6) is 0 Å². The Bertz CT molecular complexity index is 752. The minimum atomic E-state index is -0.0633. The van der Waals surface area contributed by atoms with Gasteiger partial charge in [-0.25, -0.2) is 0 Å². The second kappa shape index (κ2) is 7.51. The summed E-state index contributed by atoms with van der Waals surface area (Å²) in [6.45, 7) is 8.47. The zero-order chi connectivity index (χ0) is 19.9. The van der Waals surface area contributed by atoms with E-state index in [0.717, 1.165) is 52.0 Å². The van der Waals surface area contributed by atoms with Gasteiger partial charge in [-0.3, -0.25) is 14.5 Å². The fourth-order valence-corrected chi connectivity index (χ4v) is 5.27. The largest absolute Gasteiger partial charge is 0.342 e. The summed E-state index contributed by atoms with van der Waals surface area (Å²) < 4.78 is 0. The van der Waals surface area contributed by atoms with Crippen LogP contribution in [-0.4, -0.2) is 65.8 Å². The summed E-state index contributed by atoms with van der Waals surface area (Å²) in [4.78, 5) is 32.0. The number of hydrogen-bond acceptors (Lipinski definition) is 3. The van der Waals surface area contributed by atoms with Crippen LogP contribution in [-0.2, 0) is 22.6 Å². The minimum Gasteiger partial charge on any atom is -0.342 e. The van der Waals surface area contributed by atoms with Gasteiger partial charge in [0.25, 0.3) is 0 Å². The maximum atomic E-state index is 13.3. The van der Waals surface area contributed by atoms with Crippen molar-refractivity contribution < 1.29 is 9.59 Å². The van der Waals surface area contributed by atoms with Crippen LogP contribution < -0.4 is 0 Å². The average molecular weight is 384 g/mol. The van der Waals surface area contributed by atoms with Crippen molar-refractivity contribution in [1.82, 2.24) is 14.7 Å². The standard InChI is InChI=1S/C23H33N3O2/c1-17(2)14-26-16-23(13-21(26)27)8-10-25(11-9-23)22(28)20-12-18-6-4-5-7-19(18)15-24(20)3/h4-7,17,20H,8-16H2,1-3H3/t20-/m1/s1. The molecular weight excluding hydrogens is 350 g/mol. The van der Waals surface area contributed by atoms with Crippen molar-refractivity contribution in [3.05, 3.63) is 35.4 Å². The third kappa shape index (κ3) is 3.69. The van der Waals surface area contributed by atoms with Crippen molar-refractivity contribution in [3.63, 3.8) is 0 Å². The number of likely N-dealkylation sites (tertiary alicyclic amines) is 2. The van der Waals surface area contributed by atoms with Gasteiger partial charge in [0.05, 0.1) is 6.04 Å². The molecule has 0 aromatic heterocycles. The molecule has 1 aromatic rings. The van der Waals surface area contributed by atoms with E-state index in [-0.39, 0.29) is 17.4 Å². The number of piperidine rings is 1. The molecule has 0 bridgehead atoms. The summed E-state index contributed by atoms with van der Waals surface area (Å²) in [6.07, 6.45) is 3.37. The molecule has 152 valence electrons. The highest BCUT2D eigenvalue weighted by Gasteiger charge is 2.46. The number of benzene rings is 1. The Morgan fingerprint density at radius 1 is 1.18 bits per heavy atom. The molecule has 4 rings (SSSR count). The van der Waals surface area contributed by atoms with Crippen molar-refractivity contribution in [3.8, 4) is 0 Å². The third-order valence-electron chi connectivity index (χ3n) is 6.90. The lowest BCUT2D eigenvalue weighted by molar-refractivity contribution is -0.139. The lowest BCUT2D eigenvalue weighted by Gasteiger charge is -2.42. The molecular formula is C23H33N3O2. The van der Waals surface area contributed by atoms with Crippen molar-refractivity contribution in [2.24, 2.45) is 11.3 Å². The minimum absolute atomic E-state index is 0.0633. The Morgan fingerprint density at radius 2 is 1.86 bits per heavy atom. The Balaban J connectivity index is 1.38. The van der Waals surface area contributed by atoms with E-state index in [9.17, 15) is 9.59 Å². The van der Waals surface area contributed by atoms with E-state index < -0.39 is 0 Å². The molecule has 3 aliphatic rings. The van der Waals surface area contributed by atoms with Gasteiger partial charge in [-0.1, -0.05) is 38.1 Å².